The number of aliphatic imine (C=N–C) groups is 1. The van der Waals surface area contributed by atoms with Crippen LogP contribution in [-0.2, 0) is 0 Å². The Kier molecular flexibility index (Phi) is 5.04. The second-order valence-corrected chi connectivity index (χ2v) is 6.59. The van der Waals surface area contributed by atoms with Crippen LogP contribution >= 0.6 is 35.0 Å². The lowest BCUT2D eigenvalue weighted by atomic mass is 9.84. The predicted molar refractivity (Wildman–Crippen MR) is 87.9 cm³/mol. The molecule has 0 bridgehead atoms. The molecule has 0 fully saturated rings. The molecule has 1 aromatic rings. The van der Waals surface area contributed by atoms with Crippen molar-refractivity contribution in [2.45, 2.75) is 26.7 Å². The summed E-state index contributed by atoms with van der Waals surface area (Å²) in [6.45, 7) is 5.37. The Morgan fingerprint density at radius 3 is 2.63 bits per heavy atom. The number of nitrogens with one attached hydrogen (secondary N) is 1. The Bertz CT molecular complexity index is 484. The molecular weight excluding hydrogens is 299 g/mol. The van der Waals surface area contributed by atoms with Crippen molar-refractivity contribution in [3.05, 3.63) is 28.2 Å². The van der Waals surface area contributed by atoms with E-state index in [1.54, 1.807) is 17.8 Å². The Morgan fingerprint density at radius 2 is 2.05 bits per heavy atom. The molecule has 0 aromatic heterocycles. The van der Waals surface area contributed by atoms with Gasteiger partial charge in [0.15, 0.2) is 5.17 Å². The molecule has 5 heteroatoms. The van der Waals surface area contributed by atoms with Crippen molar-refractivity contribution in [1.29, 1.82) is 0 Å². The molecule has 2 rings (SSSR count). The van der Waals surface area contributed by atoms with Gasteiger partial charge in [-0.3, -0.25) is 4.99 Å². The molecule has 0 saturated carbocycles. The monoisotopic (exact) mass is 316 g/mol. The predicted octanol–water partition coefficient (Wildman–Crippen LogP) is 5.31. The van der Waals surface area contributed by atoms with E-state index in [9.17, 15) is 0 Å². The SMILES string of the molecule is CCC1(CC)CN=C(Nc2cccc(Cl)c2Cl)SC1. The maximum atomic E-state index is 6.16. The molecule has 1 aliphatic heterocycles. The number of amidine groups is 1. The first-order valence-electron chi connectivity index (χ1n) is 6.48. The Balaban J connectivity index is 2.09. The van der Waals surface area contributed by atoms with Gasteiger partial charge in [0.05, 0.1) is 15.7 Å². The van der Waals surface area contributed by atoms with Gasteiger partial charge in [-0.05, 0) is 30.4 Å². The van der Waals surface area contributed by atoms with Crippen molar-refractivity contribution in [2.75, 3.05) is 17.6 Å². The number of hydrogen-bond acceptors (Lipinski definition) is 3. The van der Waals surface area contributed by atoms with Crippen molar-refractivity contribution in [1.82, 2.24) is 0 Å². The lowest BCUT2D eigenvalue weighted by Crippen LogP contribution is -2.32. The molecule has 0 spiro atoms. The van der Waals surface area contributed by atoms with Gasteiger partial charge in [0, 0.05) is 12.3 Å². The molecule has 1 aliphatic rings. The maximum absolute atomic E-state index is 6.16. The van der Waals surface area contributed by atoms with Crippen molar-refractivity contribution in [2.24, 2.45) is 10.4 Å². The van der Waals surface area contributed by atoms with E-state index in [1.807, 2.05) is 12.1 Å². The fourth-order valence-corrected chi connectivity index (χ4v) is 3.65. The third-order valence-corrected chi connectivity index (χ3v) is 5.85. The minimum atomic E-state index is 0.355. The summed E-state index contributed by atoms with van der Waals surface area (Å²) in [4.78, 5) is 4.66. The molecule has 0 atom stereocenters. The number of rotatable bonds is 3. The van der Waals surface area contributed by atoms with E-state index >= 15 is 0 Å². The van der Waals surface area contributed by atoms with Crippen LogP contribution < -0.4 is 5.32 Å². The van der Waals surface area contributed by atoms with Gasteiger partial charge in [-0.2, -0.15) is 0 Å². The highest BCUT2D eigenvalue weighted by Gasteiger charge is 2.30. The average molecular weight is 317 g/mol. The van der Waals surface area contributed by atoms with Gasteiger partial charge in [-0.1, -0.05) is 54.9 Å². The van der Waals surface area contributed by atoms with Gasteiger partial charge < -0.3 is 5.32 Å². The van der Waals surface area contributed by atoms with E-state index in [1.165, 1.54) is 12.8 Å². The molecule has 2 nitrogen and oxygen atoms in total. The van der Waals surface area contributed by atoms with Gasteiger partial charge in [-0.25, -0.2) is 0 Å². The number of anilines is 1. The van der Waals surface area contributed by atoms with E-state index in [-0.39, 0.29) is 0 Å². The average Bonchev–Trinajstić information content (AvgIpc) is 2.45. The van der Waals surface area contributed by atoms with E-state index < -0.39 is 0 Å². The van der Waals surface area contributed by atoms with Gasteiger partial charge >= 0.3 is 0 Å². The molecule has 1 heterocycles. The quantitative estimate of drug-likeness (QED) is 0.816. The zero-order valence-electron chi connectivity index (χ0n) is 11.2. The van der Waals surface area contributed by atoms with Crippen LogP contribution in [0.4, 0.5) is 5.69 Å². The van der Waals surface area contributed by atoms with Crippen LogP contribution in [0.5, 0.6) is 0 Å². The lowest BCUT2D eigenvalue weighted by molar-refractivity contribution is 0.318. The molecule has 0 amide bonds. The zero-order valence-corrected chi connectivity index (χ0v) is 13.5. The summed E-state index contributed by atoms with van der Waals surface area (Å²) >= 11 is 13.9. The number of thioether (sulfide) groups is 1. The van der Waals surface area contributed by atoms with Crippen LogP contribution in [-0.4, -0.2) is 17.5 Å². The molecule has 19 heavy (non-hydrogen) atoms. The van der Waals surface area contributed by atoms with E-state index in [0.717, 1.165) is 23.2 Å². The van der Waals surface area contributed by atoms with Crippen LogP contribution in [0.2, 0.25) is 10.0 Å². The highest BCUT2D eigenvalue weighted by molar-refractivity contribution is 8.14. The highest BCUT2D eigenvalue weighted by atomic mass is 35.5. The van der Waals surface area contributed by atoms with E-state index in [0.29, 0.717) is 15.5 Å². The van der Waals surface area contributed by atoms with Crippen molar-refractivity contribution >= 4 is 45.8 Å². The summed E-state index contributed by atoms with van der Waals surface area (Å²) in [6, 6.07) is 5.58. The van der Waals surface area contributed by atoms with Gasteiger partial charge in [-0.15, -0.1) is 0 Å². The summed E-state index contributed by atoms with van der Waals surface area (Å²) in [5.74, 6) is 1.10. The van der Waals surface area contributed by atoms with E-state index in [4.69, 9.17) is 23.2 Å². The second-order valence-electron chi connectivity index (χ2n) is 4.84. The maximum Gasteiger partial charge on any atom is 0.161 e. The van der Waals surface area contributed by atoms with E-state index in [2.05, 4.69) is 24.2 Å². The summed E-state index contributed by atoms with van der Waals surface area (Å²) in [6.07, 6.45) is 2.34. The normalized spacial score (nSPS) is 18.0. The number of halogens is 2. The zero-order chi connectivity index (χ0) is 13.9. The minimum Gasteiger partial charge on any atom is -0.334 e. The van der Waals surface area contributed by atoms with Gasteiger partial charge in [0.25, 0.3) is 0 Å². The number of benzene rings is 1. The minimum absolute atomic E-state index is 0.355. The summed E-state index contributed by atoms with van der Waals surface area (Å²) in [5, 5.41) is 5.32. The largest absolute Gasteiger partial charge is 0.334 e. The molecule has 0 unspecified atom stereocenters. The van der Waals surface area contributed by atoms with Crippen molar-refractivity contribution in [3.63, 3.8) is 0 Å². The summed E-state index contributed by atoms with van der Waals surface area (Å²) < 4.78 is 0. The molecule has 104 valence electrons. The van der Waals surface area contributed by atoms with Crippen molar-refractivity contribution in [3.8, 4) is 0 Å². The second kappa shape index (κ2) is 6.38. The number of hydrogen-bond donors (Lipinski definition) is 1. The summed E-state index contributed by atoms with van der Waals surface area (Å²) in [7, 11) is 0. The topological polar surface area (TPSA) is 24.4 Å². The summed E-state index contributed by atoms with van der Waals surface area (Å²) in [5.41, 5.74) is 1.18. The molecule has 0 radical (unpaired) electrons. The van der Waals surface area contributed by atoms with Crippen LogP contribution in [0.15, 0.2) is 23.2 Å². The molecule has 0 aliphatic carbocycles. The molecular formula is C14H18Cl2N2S. The Morgan fingerprint density at radius 1 is 1.32 bits per heavy atom. The molecule has 1 aromatic carbocycles. The van der Waals surface area contributed by atoms with Crippen LogP contribution in [0.1, 0.15) is 26.7 Å². The smallest absolute Gasteiger partial charge is 0.161 e. The first-order valence-corrected chi connectivity index (χ1v) is 8.22. The number of nitrogens with zero attached hydrogens (tertiary/aromatic N) is 1. The fraction of sp³-hybridized carbons (Fsp3) is 0.500. The fourth-order valence-electron chi connectivity index (χ4n) is 2.02. The third-order valence-electron chi connectivity index (χ3n) is 3.77. The Hall–Kier alpha value is -0.380. The first kappa shape index (κ1) is 15.0. The van der Waals surface area contributed by atoms with Gasteiger partial charge in [0.2, 0.25) is 0 Å². The van der Waals surface area contributed by atoms with Crippen LogP contribution in [0, 0.1) is 5.41 Å². The van der Waals surface area contributed by atoms with Crippen LogP contribution in [0.3, 0.4) is 0 Å². The third kappa shape index (κ3) is 3.39. The first-order chi connectivity index (χ1) is 9.10. The van der Waals surface area contributed by atoms with Crippen LogP contribution in [0.25, 0.3) is 0 Å². The van der Waals surface area contributed by atoms with Crippen molar-refractivity contribution < 1.29 is 0 Å². The lowest BCUT2D eigenvalue weighted by Gasteiger charge is -2.33. The standard InChI is InChI=1S/C14H18Cl2N2S/c1-3-14(4-2)8-17-13(19-9-14)18-11-7-5-6-10(15)12(11)16/h5-7H,3-4,8-9H2,1-2H3,(H,17,18). The van der Waals surface area contributed by atoms with Gasteiger partial charge in [0.1, 0.15) is 0 Å². The highest BCUT2D eigenvalue weighted by Crippen LogP contribution is 2.36. The Labute approximate surface area is 129 Å². The molecule has 1 N–H and O–H groups in total. The molecule has 0 saturated heterocycles.